The molecule has 0 radical (unpaired) electrons. The molecule has 1 aromatic heterocycles. The second-order valence-electron chi connectivity index (χ2n) is 6.55. The van der Waals surface area contributed by atoms with Crippen molar-refractivity contribution in [2.75, 3.05) is 13.1 Å². The molecule has 0 atom stereocenters. The number of benzene rings is 1. The van der Waals surface area contributed by atoms with Crippen LogP contribution in [0.3, 0.4) is 0 Å². The van der Waals surface area contributed by atoms with E-state index >= 15 is 0 Å². The topological polar surface area (TPSA) is 51.0 Å². The molecule has 2 aromatic rings. The molecular formula is C19H26N4O. The lowest BCUT2D eigenvalue weighted by Crippen LogP contribution is -2.39. The number of nitrogens with zero attached hydrogens (tertiary/aromatic N) is 4. The van der Waals surface area contributed by atoms with Gasteiger partial charge in [-0.1, -0.05) is 30.3 Å². The van der Waals surface area contributed by atoms with Crippen LogP contribution in [0.15, 0.2) is 36.7 Å². The third-order valence-electron chi connectivity index (χ3n) is 4.95. The molecule has 5 heteroatoms. The number of rotatable bonds is 6. The van der Waals surface area contributed by atoms with Gasteiger partial charge in [0.1, 0.15) is 12.2 Å². The second kappa shape index (κ2) is 8.08. The molecule has 0 unspecified atom stereocenters. The van der Waals surface area contributed by atoms with E-state index in [0.717, 1.165) is 51.1 Å². The average molecular weight is 326 g/mol. The molecule has 0 N–H and O–H groups in total. The number of aryl methyl sites for hydroxylation is 2. The van der Waals surface area contributed by atoms with Crippen LogP contribution in [0.5, 0.6) is 0 Å². The fraction of sp³-hybridized carbons (Fsp3) is 0.526. The van der Waals surface area contributed by atoms with Crippen LogP contribution in [0.1, 0.15) is 37.6 Å². The Morgan fingerprint density at radius 1 is 1.21 bits per heavy atom. The quantitative estimate of drug-likeness (QED) is 0.820. The van der Waals surface area contributed by atoms with E-state index in [4.69, 9.17) is 0 Å². The van der Waals surface area contributed by atoms with Gasteiger partial charge in [0.2, 0.25) is 5.91 Å². The monoisotopic (exact) mass is 326 g/mol. The normalized spacial score (nSPS) is 15.6. The van der Waals surface area contributed by atoms with E-state index < -0.39 is 0 Å². The van der Waals surface area contributed by atoms with Crippen molar-refractivity contribution in [3.05, 3.63) is 48.0 Å². The summed E-state index contributed by atoms with van der Waals surface area (Å²) < 4.78 is 2.11. The van der Waals surface area contributed by atoms with Gasteiger partial charge in [-0.15, -0.1) is 10.2 Å². The van der Waals surface area contributed by atoms with Crippen LogP contribution >= 0.6 is 0 Å². The van der Waals surface area contributed by atoms with Crippen LogP contribution in [0.4, 0.5) is 0 Å². The molecule has 5 nitrogen and oxygen atoms in total. The van der Waals surface area contributed by atoms with Crippen LogP contribution < -0.4 is 0 Å². The van der Waals surface area contributed by atoms with Gasteiger partial charge in [0.05, 0.1) is 0 Å². The van der Waals surface area contributed by atoms with E-state index in [1.807, 2.05) is 23.1 Å². The maximum Gasteiger partial charge on any atom is 0.222 e. The number of aromatic nitrogens is 3. The Kier molecular flexibility index (Phi) is 5.62. The molecule has 0 spiro atoms. The molecule has 128 valence electrons. The molecule has 0 aliphatic carbocycles. The number of hydrogen-bond donors (Lipinski definition) is 0. The molecular weight excluding hydrogens is 300 g/mol. The summed E-state index contributed by atoms with van der Waals surface area (Å²) >= 11 is 0. The summed E-state index contributed by atoms with van der Waals surface area (Å²) in [5, 5.41) is 8.23. The molecule has 0 saturated carbocycles. The number of hydrogen-bond acceptors (Lipinski definition) is 3. The SMILES string of the molecule is CCn1cnnc1CC1CCN(C(=O)CCc2ccccc2)CC1. The summed E-state index contributed by atoms with van der Waals surface area (Å²) in [6, 6.07) is 10.2. The fourth-order valence-electron chi connectivity index (χ4n) is 3.40. The fourth-order valence-corrected chi connectivity index (χ4v) is 3.40. The van der Waals surface area contributed by atoms with Gasteiger partial charge >= 0.3 is 0 Å². The van der Waals surface area contributed by atoms with Crippen LogP contribution in [-0.2, 0) is 24.2 Å². The van der Waals surface area contributed by atoms with E-state index in [1.165, 1.54) is 5.56 Å². The van der Waals surface area contributed by atoms with Crippen molar-refractivity contribution in [2.45, 2.75) is 45.6 Å². The van der Waals surface area contributed by atoms with Crippen molar-refractivity contribution in [1.29, 1.82) is 0 Å². The summed E-state index contributed by atoms with van der Waals surface area (Å²) in [4.78, 5) is 14.4. The lowest BCUT2D eigenvalue weighted by Gasteiger charge is -2.32. The largest absolute Gasteiger partial charge is 0.343 e. The summed E-state index contributed by atoms with van der Waals surface area (Å²) in [5.41, 5.74) is 1.24. The van der Waals surface area contributed by atoms with E-state index in [9.17, 15) is 4.79 Å². The van der Waals surface area contributed by atoms with Crippen LogP contribution in [0.2, 0.25) is 0 Å². The predicted octanol–water partition coefficient (Wildman–Crippen LogP) is 2.71. The summed E-state index contributed by atoms with van der Waals surface area (Å²) in [6.07, 6.45) is 6.34. The maximum atomic E-state index is 12.4. The Bertz CT molecular complexity index is 644. The zero-order valence-electron chi connectivity index (χ0n) is 14.4. The van der Waals surface area contributed by atoms with Crippen molar-refractivity contribution in [2.24, 2.45) is 5.92 Å². The summed E-state index contributed by atoms with van der Waals surface area (Å²) in [7, 11) is 0. The first-order valence-corrected chi connectivity index (χ1v) is 8.94. The molecule has 1 aromatic carbocycles. The van der Waals surface area contributed by atoms with Crippen molar-refractivity contribution < 1.29 is 4.79 Å². The van der Waals surface area contributed by atoms with Gasteiger partial charge in [-0.3, -0.25) is 4.79 Å². The summed E-state index contributed by atoms with van der Waals surface area (Å²) in [6.45, 7) is 4.77. The Morgan fingerprint density at radius 2 is 1.96 bits per heavy atom. The smallest absolute Gasteiger partial charge is 0.222 e. The van der Waals surface area contributed by atoms with Crippen molar-refractivity contribution in [3.63, 3.8) is 0 Å². The molecule has 1 aliphatic rings. The van der Waals surface area contributed by atoms with Crippen molar-refractivity contribution >= 4 is 5.91 Å². The van der Waals surface area contributed by atoms with Gasteiger partial charge in [0, 0.05) is 32.5 Å². The van der Waals surface area contributed by atoms with Crippen molar-refractivity contribution in [3.8, 4) is 0 Å². The Hall–Kier alpha value is -2.17. The maximum absolute atomic E-state index is 12.4. The Labute approximate surface area is 143 Å². The van der Waals surface area contributed by atoms with Crippen molar-refractivity contribution in [1.82, 2.24) is 19.7 Å². The highest BCUT2D eigenvalue weighted by atomic mass is 16.2. The Morgan fingerprint density at radius 3 is 2.67 bits per heavy atom. The molecule has 1 amide bonds. The number of carbonyl (C=O) groups excluding carboxylic acids is 1. The standard InChI is InChI=1S/C19H26N4O/c1-2-22-15-20-21-18(22)14-17-10-12-23(13-11-17)19(24)9-8-16-6-4-3-5-7-16/h3-7,15,17H,2,8-14H2,1H3. The minimum Gasteiger partial charge on any atom is -0.343 e. The van der Waals surface area contributed by atoms with E-state index in [1.54, 1.807) is 6.33 Å². The van der Waals surface area contributed by atoms with E-state index in [0.29, 0.717) is 12.3 Å². The van der Waals surface area contributed by atoms with Crippen LogP contribution in [-0.4, -0.2) is 38.7 Å². The minimum absolute atomic E-state index is 0.286. The molecule has 0 bridgehead atoms. The zero-order chi connectivity index (χ0) is 16.8. The molecule has 24 heavy (non-hydrogen) atoms. The van der Waals surface area contributed by atoms with E-state index in [-0.39, 0.29) is 5.91 Å². The molecule has 2 heterocycles. The molecule has 3 rings (SSSR count). The zero-order valence-corrected chi connectivity index (χ0v) is 14.4. The second-order valence-corrected chi connectivity index (χ2v) is 6.55. The first-order chi connectivity index (χ1) is 11.8. The van der Waals surface area contributed by atoms with Gasteiger partial charge in [-0.25, -0.2) is 0 Å². The van der Waals surface area contributed by atoms with Gasteiger partial charge in [0.15, 0.2) is 0 Å². The molecule has 1 saturated heterocycles. The molecule has 1 aliphatic heterocycles. The lowest BCUT2D eigenvalue weighted by atomic mass is 9.93. The van der Waals surface area contributed by atoms with Gasteiger partial charge in [-0.2, -0.15) is 0 Å². The number of likely N-dealkylation sites (tertiary alicyclic amines) is 1. The average Bonchev–Trinajstić information content (AvgIpc) is 3.08. The minimum atomic E-state index is 0.286. The number of carbonyl (C=O) groups is 1. The van der Waals surface area contributed by atoms with Gasteiger partial charge < -0.3 is 9.47 Å². The lowest BCUT2D eigenvalue weighted by molar-refractivity contribution is -0.132. The van der Waals surface area contributed by atoms with Crippen LogP contribution in [0, 0.1) is 5.92 Å². The van der Waals surface area contributed by atoms with E-state index in [2.05, 4.69) is 33.8 Å². The third-order valence-corrected chi connectivity index (χ3v) is 4.95. The highest BCUT2D eigenvalue weighted by molar-refractivity contribution is 5.76. The highest BCUT2D eigenvalue weighted by Gasteiger charge is 2.23. The summed E-state index contributed by atoms with van der Waals surface area (Å²) in [5.74, 6) is 1.97. The molecule has 1 fully saturated rings. The third kappa shape index (κ3) is 4.22. The van der Waals surface area contributed by atoms with Gasteiger partial charge in [0.25, 0.3) is 0 Å². The highest BCUT2D eigenvalue weighted by Crippen LogP contribution is 2.21. The number of amides is 1. The predicted molar refractivity (Wildman–Crippen MR) is 93.5 cm³/mol. The van der Waals surface area contributed by atoms with Gasteiger partial charge in [-0.05, 0) is 37.7 Å². The first kappa shape index (κ1) is 16.7. The Balaban J connectivity index is 1.43. The first-order valence-electron chi connectivity index (χ1n) is 8.94. The number of piperidine rings is 1. The van der Waals surface area contributed by atoms with Crippen LogP contribution in [0.25, 0.3) is 0 Å².